The highest BCUT2D eigenvalue weighted by molar-refractivity contribution is 7.88. The van der Waals surface area contributed by atoms with Gasteiger partial charge in [0, 0.05) is 59.2 Å². The Balaban J connectivity index is 1.48. The van der Waals surface area contributed by atoms with Crippen LogP contribution in [-0.4, -0.2) is 241 Å². The highest BCUT2D eigenvalue weighted by Crippen LogP contribution is 2.32. The minimum Gasteiger partial charge on any atom is -0.479 e. The second-order valence-electron chi connectivity index (χ2n) is 22.4. The fraction of sp³-hybridized carbons (Fsp3) is 0.649. The molecule has 30 nitrogen and oxygen atoms in total. The highest BCUT2D eigenvalue weighted by Gasteiger charge is 2.49. The van der Waals surface area contributed by atoms with Crippen LogP contribution in [-0.2, 0) is 74.0 Å². The van der Waals surface area contributed by atoms with Gasteiger partial charge in [-0.15, -0.1) is 0 Å². The van der Waals surface area contributed by atoms with Crippen LogP contribution in [0.3, 0.4) is 0 Å². The number of aliphatic carboxylic acids is 1. The van der Waals surface area contributed by atoms with E-state index < -0.39 is 157 Å². The van der Waals surface area contributed by atoms with Crippen LogP contribution >= 0.6 is 0 Å². The third-order valence-electron chi connectivity index (χ3n) is 15.7. The Bertz CT molecular complexity index is 2790. The average Bonchev–Trinajstić information content (AvgIpc) is 4.11. The van der Waals surface area contributed by atoms with Crippen molar-refractivity contribution < 1.29 is 101 Å². The first-order valence-electron chi connectivity index (χ1n) is 28.8. The lowest BCUT2D eigenvalue weighted by atomic mass is 9.90. The number of likely N-dealkylation sites (N-methyl/N-ethyl adjacent to an activating group) is 2. The summed E-state index contributed by atoms with van der Waals surface area (Å²) in [6.07, 6.45) is -11.3. The molecule has 7 amide bonds. The SMILES string of the molecule is CC[C@H](C)C([C@@H](CC(=O)N1CCC[C@H]1[C@H](OC)[C@@H](C)C(=O)N[C@H](C)[C@@H](O)c1ccccc1)OC)N(C)C(=O)CNC(=O)C(C(C)C)N(C)C(=O)OCc1cc(NC(=O)CN(CCNC(=O)CON)S(C)(=O)=O)ccc1OC1OC(C(=O)O)C(O)C(O)C1O. The molecule has 31 heteroatoms. The van der Waals surface area contributed by atoms with Gasteiger partial charge >= 0.3 is 12.1 Å². The van der Waals surface area contributed by atoms with E-state index in [0.29, 0.717) is 31.4 Å². The van der Waals surface area contributed by atoms with Gasteiger partial charge in [0.05, 0.1) is 68.1 Å². The number of nitrogens with two attached hydrogens (primary N) is 1. The molecule has 88 heavy (non-hydrogen) atoms. The predicted molar refractivity (Wildman–Crippen MR) is 314 cm³/mol. The number of rotatable bonds is 33. The molecule has 0 spiro atoms. The van der Waals surface area contributed by atoms with Crippen molar-refractivity contribution in [2.45, 2.75) is 147 Å². The molecule has 0 saturated carbocycles. The minimum absolute atomic E-state index is 0.0350. The number of aliphatic hydroxyl groups is 4. The van der Waals surface area contributed by atoms with E-state index in [0.717, 1.165) is 15.5 Å². The van der Waals surface area contributed by atoms with Gasteiger partial charge in [0.15, 0.2) is 6.10 Å². The van der Waals surface area contributed by atoms with Gasteiger partial charge in [-0.05, 0) is 55.4 Å². The fourth-order valence-corrected chi connectivity index (χ4v) is 11.5. The number of hydrogen-bond donors (Lipinski definition) is 10. The van der Waals surface area contributed by atoms with E-state index in [1.54, 1.807) is 56.9 Å². The normalized spacial score (nSPS) is 21.4. The molecule has 2 fully saturated rings. The molecule has 0 aliphatic carbocycles. The van der Waals surface area contributed by atoms with E-state index >= 15 is 0 Å². The van der Waals surface area contributed by atoms with Gasteiger partial charge < -0.3 is 80.3 Å². The van der Waals surface area contributed by atoms with Gasteiger partial charge in [0.2, 0.25) is 51.8 Å². The molecule has 2 aliphatic heterocycles. The number of amides is 7. The van der Waals surface area contributed by atoms with Gasteiger partial charge in [0.1, 0.15) is 43.3 Å². The zero-order chi connectivity index (χ0) is 65.9. The van der Waals surface area contributed by atoms with Crippen LogP contribution in [0.4, 0.5) is 10.5 Å². The Morgan fingerprint density at radius 1 is 0.875 bits per heavy atom. The van der Waals surface area contributed by atoms with E-state index in [1.807, 2.05) is 19.9 Å². The van der Waals surface area contributed by atoms with E-state index in [4.69, 9.17) is 29.6 Å². The molecule has 2 saturated heterocycles. The molecule has 7 unspecified atom stereocenters. The van der Waals surface area contributed by atoms with Crippen LogP contribution in [0.1, 0.15) is 84.5 Å². The number of benzene rings is 2. The van der Waals surface area contributed by atoms with Crippen molar-refractivity contribution in [2.75, 3.05) is 79.2 Å². The summed E-state index contributed by atoms with van der Waals surface area (Å²) in [6.45, 7) is 7.82. The maximum Gasteiger partial charge on any atom is 0.410 e. The second kappa shape index (κ2) is 34.4. The third-order valence-corrected chi connectivity index (χ3v) is 17.0. The van der Waals surface area contributed by atoms with Crippen molar-refractivity contribution in [1.29, 1.82) is 0 Å². The molecule has 2 aromatic carbocycles. The number of nitrogens with zero attached hydrogens (tertiary/aromatic N) is 4. The number of nitrogens with one attached hydrogen (secondary N) is 4. The number of hydrogen-bond acceptors (Lipinski definition) is 21. The predicted octanol–water partition coefficient (Wildman–Crippen LogP) is -0.968. The summed E-state index contributed by atoms with van der Waals surface area (Å²) < 4.78 is 54.5. The number of sulfonamides is 1. The Morgan fingerprint density at radius 2 is 1.55 bits per heavy atom. The van der Waals surface area contributed by atoms with Crippen LogP contribution < -0.4 is 31.9 Å². The summed E-state index contributed by atoms with van der Waals surface area (Å²) in [6, 6.07) is 9.53. The monoisotopic (exact) mass is 1270 g/mol. The summed E-state index contributed by atoms with van der Waals surface area (Å²) >= 11 is 0. The maximum atomic E-state index is 14.4. The first-order chi connectivity index (χ1) is 41.4. The number of likely N-dealkylation sites (tertiary alicyclic amines) is 1. The summed E-state index contributed by atoms with van der Waals surface area (Å²) in [5.41, 5.74) is 0.511. The largest absolute Gasteiger partial charge is 0.479 e. The maximum absolute atomic E-state index is 14.4. The fourth-order valence-electron chi connectivity index (χ4n) is 10.7. The molecule has 11 N–H and O–H groups in total. The topological polar surface area (TPSA) is 414 Å². The Morgan fingerprint density at radius 3 is 2.14 bits per heavy atom. The number of carboxylic acids is 1. The van der Waals surface area contributed by atoms with Crippen molar-refractivity contribution in [3.8, 4) is 5.75 Å². The highest BCUT2D eigenvalue weighted by atomic mass is 32.2. The van der Waals surface area contributed by atoms with Crippen molar-refractivity contribution in [3.05, 3.63) is 59.7 Å². The van der Waals surface area contributed by atoms with Gasteiger partial charge in [-0.1, -0.05) is 71.4 Å². The number of methoxy groups -OCH3 is 2. The van der Waals surface area contributed by atoms with Crippen LogP contribution in [0.5, 0.6) is 5.75 Å². The molecule has 2 heterocycles. The Kier molecular flexibility index (Phi) is 28.8. The molecule has 2 aromatic rings. The van der Waals surface area contributed by atoms with E-state index in [-0.39, 0.29) is 54.2 Å². The molecule has 0 radical (unpaired) electrons. The molecule has 0 aromatic heterocycles. The third kappa shape index (κ3) is 20.2. The van der Waals surface area contributed by atoms with E-state index in [9.17, 15) is 72.3 Å². The van der Waals surface area contributed by atoms with Gasteiger partial charge in [-0.2, -0.15) is 4.31 Å². The van der Waals surface area contributed by atoms with Crippen molar-refractivity contribution >= 4 is 63.2 Å². The molecule has 494 valence electrons. The van der Waals surface area contributed by atoms with Gasteiger partial charge in [-0.3, -0.25) is 38.5 Å². The lowest BCUT2D eigenvalue weighted by molar-refractivity contribution is -0.271. The molecule has 4 rings (SSSR count). The first kappa shape index (κ1) is 73.8. The van der Waals surface area contributed by atoms with Crippen LogP contribution in [0.15, 0.2) is 48.5 Å². The summed E-state index contributed by atoms with van der Waals surface area (Å²) in [7, 11) is 1.69. The summed E-state index contributed by atoms with van der Waals surface area (Å²) in [4.78, 5) is 115. The zero-order valence-corrected chi connectivity index (χ0v) is 52.4. The number of carboxylic acid groups (broad SMARTS) is 1. The molecular weight excluding hydrogens is 1180 g/mol. The molecule has 0 bridgehead atoms. The van der Waals surface area contributed by atoms with Crippen molar-refractivity contribution in [3.63, 3.8) is 0 Å². The zero-order valence-electron chi connectivity index (χ0n) is 51.6. The van der Waals surface area contributed by atoms with E-state index in [1.165, 1.54) is 51.4 Å². The standard InChI is InChI=1S/C57H89N9O21S/c1-12-32(4)46(40(82-9)26-43(69)66-23-16-19-38(66)51(83-10)33(5)53(75)61-34(6)47(71)35-17-14-13-15-18-35)63(7)44(70)27-60-54(76)45(31(2)3)64(8)57(79)84-29-36-25-37(62-41(67)28-65(88(11,80)81)24-22-59-42(68)30-85-58)20-21-39(36)86-56-50(74)48(72)49(73)52(87-56)55(77)78/h13-15,17-18,20-21,25,31-34,38,40,45-52,56,71-74H,12,16,19,22-24,26-30,58H2,1-11H3,(H,59,68)(H,60,76)(H,61,75)(H,62,67)(H,77,78)/t32-,33+,34+,38-,40+,45?,46?,47+,48?,49?,50?,51+,52?,56?/m0/s1. The van der Waals surface area contributed by atoms with Gasteiger partial charge in [-0.25, -0.2) is 23.9 Å². The quantitative estimate of drug-likeness (QED) is 0.0384. The minimum atomic E-state index is -4.02. The van der Waals surface area contributed by atoms with Crippen LogP contribution in [0, 0.1) is 17.8 Å². The summed E-state index contributed by atoms with van der Waals surface area (Å²) in [5, 5.41) is 62.4. The first-order valence-corrected chi connectivity index (χ1v) is 30.6. The Labute approximate surface area is 512 Å². The molecular formula is C57H89N9O21S. The smallest absolute Gasteiger partial charge is 0.410 e. The Hall–Kier alpha value is -6.65. The van der Waals surface area contributed by atoms with Crippen LogP contribution in [0.25, 0.3) is 0 Å². The second-order valence-corrected chi connectivity index (χ2v) is 24.3. The number of aliphatic hydroxyl groups excluding tert-OH is 4. The summed E-state index contributed by atoms with van der Waals surface area (Å²) in [5.74, 6) is -2.10. The number of carbonyl (C=O) groups is 8. The number of carbonyl (C=O) groups excluding carboxylic acids is 7. The van der Waals surface area contributed by atoms with Crippen molar-refractivity contribution in [2.24, 2.45) is 23.7 Å². The molecule has 14 atom stereocenters. The lowest BCUT2D eigenvalue weighted by Gasteiger charge is -2.39. The number of anilines is 1. The molecule has 2 aliphatic rings. The van der Waals surface area contributed by atoms with Gasteiger partial charge in [0.25, 0.3) is 0 Å². The number of ether oxygens (including phenoxy) is 5. The van der Waals surface area contributed by atoms with E-state index in [2.05, 4.69) is 26.1 Å². The van der Waals surface area contributed by atoms with Crippen molar-refractivity contribution in [1.82, 2.24) is 35.0 Å². The average molecular weight is 1270 g/mol. The lowest BCUT2D eigenvalue weighted by Crippen LogP contribution is -2.61. The van der Waals surface area contributed by atoms with Crippen LogP contribution in [0.2, 0.25) is 0 Å².